The first kappa shape index (κ1) is 12.3. The first-order valence-corrected chi connectivity index (χ1v) is 2.39. The number of rotatable bonds is 3. The van der Waals surface area contributed by atoms with Gasteiger partial charge in [-0.25, -0.2) is 0 Å². The zero-order valence-corrected chi connectivity index (χ0v) is 7.23. The van der Waals surface area contributed by atoms with Crippen LogP contribution >= 0.6 is 24.0 Å². The summed E-state index contributed by atoms with van der Waals surface area (Å²) in [6.07, 6.45) is -2.10. The van der Waals surface area contributed by atoms with Crippen LogP contribution in [0.3, 0.4) is 0 Å². The van der Waals surface area contributed by atoms with E-state index in [9.17, 15) is 0 Å². The number of halogens is 1. The Kier molecular flexibility index (Phi) is 9.11. The lowest BCUT2D eigenvalue weighted by Crippen LogP contribution is -2.35. The number of aliphatic hydroxyl groups is 3. The van der Waals surface area contributed by atoms with E-state index in [1.807, 2.05) is 0 Å². The summed E-state index contributed by atoms with van der Waals surface area (Å²) in [6.45, 7) is -0.472. The highest BCUT2D eigenvalue weighted by Crippen LogP contribution is 1.87. The van der Waals surface area contributed by atoms with Gasteiger partial charge in [0.2, 0.25) is 0 Å². The van der Waals surface area contributed by atoms with Gasteiger partial charge in [0.15, 0.2) is 0 Å². The van der Waals surface area contributed by atoms with E-state index < -0.39 is 18.8 Å². The molecular weight excluding hydrogens is 237 g/mol. The van der Waals surface area contributed by atoms with Crippen LogP contribution in [0.4, 0.5) is 0 Å². The second kappa shape index (κ2) is 6.69. The van der Waals surface area contributed by atoms with Crippen molar-refractivity contribution in [3.8, 4) is 0 Å². The molecule has 2 atom stereocenters. The highest BCUT2D eigenvalue weighted by Gasteiger charge is 2.11. The Morgan fingerprint density at radius 2 is 1.67 bits per heavy atom. The molecule has 0 aromatic heterocycles. The van der Waals surface area contributed by atoms with Gasteiger partial charge in [-0.15, -0.1) is 24.0 Å². The Hall–Kier alpha value is 0.570. The summed E-state index contributed by atoms with van der Waals surface area (Å²) in [4.78, 5) is 0. The van der Waals surface area contributed by atoms with E-state index in [-0.39, 0.29) is 30.5 Å². The van der Waals surface area contributed by atoms with E-state index in [0.29, 0.717) is 0 Å². The average Bonchev–Trinajstić information content (AvgIpc) is 1.84. The molecular formula is C4H12INO3. The van der Waals surface area contributed by atoms with E-state index in [0.717, 1.165) is 0 Å². The molecule has 2 unspecified atom stereocenters. The summed E-state index contributed by atoms with van der Waals surface area (Å²) in [6, 6.07) is 0. The number of hydrogen-bond acceptors (Lipinski definition) is 4. The van der Waals surface area contributed by atoms with Crippen LogP contribution in [0.5, 0.6) is 0 Å². The van der Waals surface area contributed by atoms with Gasteiger partial charge in [0.25, 0.3) is 0 Å². The summed E-state index contributed by atoms with van der Waals surface area (Å²) in [5.41, 5.74) is 4.93. The molecule has 0 aliphatic rings. The molecule has 0 amide bonds. The third-order valence-electron chi connectivity index (χ3n) is 0.873. The molecule has 0 spiro atoms. The quantitative estimate of drug-likeness (QED) is 0.448. The van der Waals surface area contributed by atoms with Crippen molar-refractivity contribution < 1.29 is 15.3 Å². The number of nitrogens with two attached hydrogens (primary N) is 1. The fourth-order valence-corrected chi connectivity index (χ4v) is 0.279. The molecule has 4 nitrogen and oxygen atoms in total. The maximum Gasteiger partial charge on any atom is 0.104 e. The van der Waals surface area contributed by atoms with Crippen LogP contribution < -0.4 is 5.73 Å². The molecule has 0 bridgehead atoms. The summed E-state index contributed by atoms with van der Waals surface area (Å²) < 4.78 is 0. The summed E-state index contributed by atoms with van der Waals surface area (Å²) >= 11 is 0. The van der Waals surface area contributed by atoms with Gasteiger partial charge in [0.05, 0.1) is 12.7 Å². The zero-order chi connectivity index (χ0) is 6.57. The molecule has 5 heteroatoms. The van der Waals surface area contributed by atoms with E-state index in [2.05, 4.69) is 0 Å². The molecule has 0 saturated carbocycles. The van der Waals surface area contributed by atoms with Crippen molar-refractivity contribution in [1.82, 2.24) is 0 Å². The third-order valence-corrected chi connectivity index (χ3v) is 0.873. The van der Waals surface area contributed by atoms with Crippen LogP contribution in [-0.4, -0.2) is 40.7 Å². The van der Waals surface area contributed by atoms with Crippen molar-refractivity contribution in [2.45, 2.75) is 12.2 Å². The minimum absolute atomic E-state index is 0. The lowest BCUT2D eigenvalue weighted by Gasteiger charge is -2.11. The molecule has 58 valence electrons. The molecule has 0 heterocycles. The Labute approximate surface area is 70.7 Å². The molecule has 0 rings (SSSR count). The maximum atomic E-state index is 8.59. The van der Waals surface area contributed by atoms with Gasteiger partial charge in [-0.2, -0.15) is 0 Å². The summed E-state index contributed by atoms with van der Waals surface area (Å²) in [7, 11) is 0. The van der Waals surface area contributed by atoms with Crippen LogP contribution in [0.15, 0.2) is 0 Å². The third kappa shape index (κ3) is 5.04. The Bertz CT molecular complexity index is 55.8. The highest BCUT2D eigenvalue weighted by atomic mass is 127. The molecule has 0 aliphatic heterocycles. The van der Waals surface area contributed by atoms with Gasteiger partial charge < -0.3 is 21.1 Å². The van der Waals surface area contributed by atoms with Crippen molar-refractivity contribution in [3.63, 3.8) is 0 Å². The Balaban J connectivity index is 0. The number of hydrogen-bond donors (Lipinski definition) is 4. The van der Waals surface area contributed by atoms with Gasteiger partial charge in [-0.05, 0) is 0 Å². The second-order valence-corrected chi connectivity index (χ2v) is 1.55. The van der Waals surface area contributed by atoms with Crippen LogP contribution in [-0.2, 0) is 0 Å². The van der Waals surface area contributed by atoms with Gasteiger partial charge in [-0.3, -0.25) is 0 Å². The standard InChI is InChI=1S/C4H11NO3.HI/c5-1-3(7)4(8)2-6;/h3-4,6-8H,1-2,5H2;1H. The molecule has 0 aromatic rings. The van der Waals surface area contributed by atoms with Crippen molar-refractivity contribution in [1.29, 1.82) is 0 Å². The van der Waals surface area contributed by atoms with Gasteiger partial charge in [0, 0.05) is 6.54 Å². The maximum absolute atomic E-state index is 8.59. The van der Waals surface area contributed by atoms with Crippen LogP contribution in [0.1, 0.15) is 0 Å². The van der Waals surface area contributed by atoms with Gasteiger partial charge in [-0.1, -0.05) is 0 Å². The molecule has 0 aromatic carbocycles. The van der Waals surface area contributed by atoms with Crippen molar-refractivity contribution in [2.24, 2.45) is 5.73 Å². The SMILES string of the molecule is I.NCC(O)C(O)CO. The Morgan fingerprint density at radius 3 is 1.78 bits per heavy atom. The van der Waals surface area contributed by atoms with Crippen molar-refractivity contribution in [2.75, 3.05) is 13.2 Å². The first-order valence-electron chi connectivity index (χ1n) is 2.39. The predicted octanol–water partition coefficient (Wildman–Crippen LogP) is -1.72. The molecule has 0 saturated heterocycles. The number of aliphatic hydroxyl groups excluding tert-OH is 3. The fraction of sp³-hybridized carbons (Fsp3) is 1.00. The lowest BCUT2D eigenvalue weighted by molar-refractivity contribution is -0.00894. The first-order chi connectivity index (χ1) is 3.72. The summed E-state index contributed by atoms with van der Waals surface area (Å²) in [5.74, 6) is 0. The van der Waals surface area contributed by atoms with Gasteiger partial charge >= 0.3 is 0 Å². The van der Waals surface area contributed by atoms with E-state index >= 15 is 0 Å². The molecule has 9 heavy (non-hydrogen) atoms. The zero-order valence-electron chi connectivity index (χ0n) is 4.90. The van der Waals surface area contributed by atoms with E-state index in [1.165, 1.54) is 0 Å². The van der Waals surface area contributed by atoms with Crippen LogP contribution in [0.2, 0.25) is 0 Å². The molecule has 5 N–H and O–H groups in total. The van der Waals surface area contributed by atoms with Gasteiger partial charge in [0.1, 0.15) is 6.10 Å². The van der Waals surface area contributed by atoms with E-state index in [4.69, 9.17) is 21.1 Å². The largest absolute Gasteiger partial charge is 0.394 e. The smallest absolute Gasteiger partial charge is 0.104 e. The van der Waals surface area contributed by atoms with Crippen molar-refractivity contribution in [3.05, 3.63) is 0 Å². The van der Waals surface area contributed by atoms with Crippen LogP contribution in [0.25, 0.3) is 0 Å². The normalized spacial score (nSPS) is 16.0. The average molecular weight is 249 g/mol. The minimum Gasteiger partial charge on any atom is -0.394 e. The Morgan fingerprint density at radius 1 is 1.22 bits per heavy atom. The molecule has 0 fully saturated rings. The summed E-state index contributed by atoms with van der Waals surface area (Å²) in [5, 5.41) is 25.3. The molecule has 0 aliphatic carbocycles. The topological polar surface area (TPSA) is 86.7 Å². The lowest BCUT2D eigenvalue weighted by atomic mass is 10.2. The minimum atomic E-state index is -1.10. The highest BCUT2D eigenvalue weighted by molar-refractivity contribution is 14.0. The molecule has 0 radical (unpaired) electrons. The second-order valence-electron chi connectivity index (χ2n) is 1.55. The fourth-order valence-electron chi connectivity index (χ4n) is 0.279. The van der Waals surface area contributed by atoms with Crippen molar-refractivity contribution >= 4 is 24.0 Å². The van der Waals surface area contributed by atoms with Crippen LogP contribution in [0, 0.1) is 0 Å². The predicted molar refractivity (Wildman–Crippen MR) is 43.6 cm³/mol. The monoisotopic (exact) mass is 249 g/mol. The van der Waals surface area contributed by atoms with E-state index in [1.54, 1.807) is 0 Å².